The molecule has 8 nitrogen and oxygen atoms in total. The number of carbonyl (C=O) groups is 2. The van der Waals surface area contributed by atoms with Crippen LogP contribution in [0, 0.1) is 0 Å². The summed E-state index contributed by atoms with van der Waals surface area (Å²) < 4.78 is 21.2. The van der Waals surface area contributed by atoms with Gasteiger partial charge in [-0.15, -0.1) is 0 Å². The van der Waals surface area contributed by atoms with Crippen LogP contribution in [-0.2, 0) is 23.7 Å². The number of quaternary nitrogens is 1. The topological polar surface area (TPSA) is 83.1 Å². The van der Waals surface area contributed by atoms with Gasteiger partial charge < -0.3 is 52.7 Å². The van der Waals surface area contributed by atoms with Gasteiger partial charge in [0.25, 0.3) is 0 Å². The molecule has 0 heterocycles. The van der Waals surface area contributed by atoms with Crippen molar-refractivity contribution in [2.75, 3.05) is 67.3 Å². The third-order valence-electron chi connectivity index (χ3n) is 3.28. The standard InChI is InChI=1S/C17H34N2O6.HI/c1-17(2,3)25-16(21)18-8-9-19(4,5)10-12-24-14-13-23-11-7-15(20)22-6;/h7-14H2,1-6H3;1H. The number of alkyl carbamates (subject to hydrolysis) is 1. The number of amides is 1. The van der Waals surface area contributed by atoms with Gasteiger partial charge in [-0.25, -0.2) is 4.79 Å². The molecular weight excluding hydrogens is 455 g/mol. The van der Waals surface area contributed by atoms with E-state index < -0.39 is 11.7 Å². The summed E-state index contributed by atoms with van der Waals surface area (Å²) in [5.74, 6) is -0.278. The lowest BCUT2D eigenvalue weighted by Gasteiger charge is -2.30. The highest BCUT2D eigenvalue weighted by Crippen LogP contribution is 2.06. The summed E-state index contributed by atoms with van der Waals surface area (Å²) in [6.07, 6.45) is -0.140. The van der Waals surface area contributed by atoms with Crippen LogP contribution in [-0.4, -0.2) is 89.4 Å². The van der Waals surface area contributed by atoms with Gasteiger partial charge in [-0.2, -0.15) is 0 Å². The Morgan fingerprint density at radius 3 is 2.08 bits per heavy atom. The SMILES string of the molecule is COC(=O)CCOCCOCC[N+](C)(C)CCNC(=O)OC(C)(C)C.[I-]. The monoisotopic (exact) mass is 490 g/mol. The number of esters is 1. The summed E-state index contributed by atoms with van der Waals surface area (Å²) >= 11 is 0. The van der Waals surface area contributed by atoms with Crippen molar-refractivity contribution < 1.29 is 57.0 Å². The van der Waals surface area contributed by atoms with E-state index in [0.29, 0.717) is 33.0 Å². The van der Waals surface area contributed by atoms with Crippen molar-refractivity contribution >= 4 is 12.1 Å². The molecule has 0 aliphatic heterocycles. The van der Waals surface area contributed by atoms with Crippen molar-refractivity contribution in [3.05, 3.63) is 0 Å². The van der Waals surface area contributed by atoms with Crippen LogP contribution in [0.2, 0.25) is 0 Å². The summed E-state index contributed by atoms with van der Waals surface area (Å²) in [4.78, 5) is 22.5. The fourth-order valence-corrected chi connectivity index (χ4v) is 1.78. The summed E-state index contributed by atoms with van der Waals surface area (Å²) in [6, 6.07) is 0. The minimum atomic E-state index is -0.485. The molecule has 0 unspecified atom stereocenters. The van der Waals surface area contributed by atoms with E-state index >= 15 is 0 Å². The molecule has 156 valence electrons. The number of hydrogen-bond donors (Lipinski definition) is 1. The van der Waals surface area contributed by atoms with Crippen LogP contribution in [0.4, 0.5) is 4.79 Å². The van der Waals surface area contributed by atoms with E-state index in [1.165, 1.54) is 7.11 Å². The molecule has 1 N–H and O–H groups in total. The van der Waals surface area contributed by atoms with Gasteiger partial charge in [-0.1, -0.05) is 0 Å². The van der Waals surface area contributed by atoms with Gasteiger partial charge in [0.15, 0.2) is 0 Å². The van der Waals surface area contributed by atoms with Gasteiger partial charge in [0.2, 0.25) is 0 Å². The van der Waals surface area contributed by atoms with Gasteiger partial charge in [0, 0.05) is 0 Å². The van der Waals surface area contributed by atoms with Crippen molar-refractivity contribution in [1.29, 1.82) is 0 Å². The number of nitrogens with one attached hydrogen (secondary N) is 1. The molecule has 0 aliphatic carbocycles. The van der Waals surface area contributed by atoms with Gasteiger partial charge in [-0.3, -0.25) is 4.79 Å². The first-order valence-corrected chi connectivity index (χ1v) is 8.57. The highest BCUT2D eigenvalue weighted by Gasteiger charge is 2.18. The summed E-state index contributed by atoms with van der Waals surface area (Å²) in [6.45, 7) is 9.51. The molecular formula is C17H35IN2O6. The Morgan fingerprint density at radius 1 is 0.962 bits per heavy atom. The number of nitrogens with zero attached hydrogens (tertiary/aromatic N) is 1. The highest BCUT2D eigenvalue weighted by atomic mass is 127. The number of rotatable bonds is 12. The van der Waals surface area contributed by atoms with Crippen molar-refractivity contribution in [2.24, 2.45) is 0 Å². The molecule has 0 saturated carbocycles. The Hall–Kier alpha value is -0.650. The van der Waals surface area contributed by atoms with E-state index in [-0.39, 0.29) is 36.4 Å². The third-order valence-corrected chi connectivity index (χ3v) is 3.28. The summed E-state index contributed by atoms with van der Waals surface area (Å²) in [5.41, 5.74) is -0.485. The smallest absolute Gasteiger partial charge is 0.407 e. The fraction of sp³-hybridized carbons (Fsp3) is 0.882. The number of carbonyl (C=O) groups excluding carboxylic acids is 2. The molecule has 1 amide bonds. The molecule has 26 heavy (non-hydrogen) atoms. The quantitative estimate of drug-likeness (QED) is 0.150. The molecule has 0 atom stereocenters. The third kappa shape index (κ3) is 18.2. The lowest BCUT2D eigenvalue weighted by atomic mass is 10.2. The predicted molar refractivity (Wildman–Crippen MR) is 94.4 cm³/mol. The summed E-state index contributed by atoms with van der Waals surface area (Å²) in [5, 5.41) is 2.76. The molecule has 0 spiro atoms. The first kappa shape index (κ1) is 27.6. The normalized spacial score (nSPS) is 11.5. The lowest BCUT2D eigenvalue weighted by Crippen LogP contribution is -3.00. The van der Waals surface area contributed by atoms with E-state index in [2.05, 4.69) is 24.1 Å². The van der Waals surface area contributed by atoms with Crippen LogP contribution in [0.15, 0.2) is 0 Å². The van der Waals surface area contributed by atoms with E-state index in [4.69, 9.17) is 14.2 Å². The number of methoxy groups -OCH3 is 1. The van der Waals surface area contributed by atoms with Crippen molar-refractivity contribution in [2.45, 2.75) is 32.8 Å². The maximum atomic E-state index is 11.6. The molecule has 0 saturated heterocycles. The molecule has 9 heteroatoms. The van der Waals surface area contributed by atoms with Gasteiger partial charge in [0.05, 0.1) is 67.1 Å². The van der Waals surface area contributed by atoms with Crippen LogP contribution in [0.1, 0.15) is 27.2 Å². The van der Waals surface area contributed by atoms with Crippen LogP contribution in [0.25, 0.3) is 0 Å². The van der Waals surface area contributed by atoms with Gasteiger partial charge in [0.1, 0.15) is 12.1 Å². The Morgan fingerprint density at radius 2 is 1.54 bits per heavy atom. The maximum absolute atomic E-state index is 11.6. The number of halogens is 1. The van der Waals surface area contributed by atoms with Crippen molar-refractivity contribution in [1.82, 2.24) is 5.32 Å². The van der Waals surface area contributed by atoms with Crippen LogP contribution in [0.3, 0.4) is 0 Å². The maximum Gasteiger partial charge on any atom is 0.407 e. The average Bonchev–Trinajstić information content (AvgIpc) is 2.47. The number of ether oxygens (including phenoxy) is 4. The lowest BCUT2D eigenvalue weighted by molar-refractivity contribution is -0.889. The molecule has 0 aromatic rings. The predicted octanol–water partition coefficient (Wildman–Crippen LogP) is -1.81. The second-order valence-corrected chi connectivity index (χ2v) is 7.36. The zero-order valence-corrected chi connectivity index (χ0v) is 19.1. The van der Waals surface area contributed by atoms with E-state index in [1.807, 2.05) is 20.8 Å². The molecule has 0 bridgehead atoms. The average molecular weight is 490 g/mol. The zero-order valence-electron chi connectivity index (χ0n) is 16.9. The first-order valence-electron chi connectivity index (χ1n) is 8.57. The second kappa shape index (κ2) is 14.4. The fourth-order valence-electron chi connectivity index (χ4n) is 1.78. The Labute approximate surface area is 174 Å². The number of hydrogen-bond acceptors (Lipinski definition) is 6. The Balaban J connectivity index is 0. The van der Waals surface area contributed by atoms with Gasteiger partial charge >= 0.3 is 12.1 Å². The molecule has 0 aromatic carbocycles. The molecule has 0 aliphatic rings. The van der Waals surface area contributed by atoms with Crippen LogP contribution in [0.5, 0.6) is 0 Å². The molecule has 0 fully saturated rings. The largest absolute Gasteiger partial charge is 1.00 e. The Kier molecular flexibility index (Phi) is 15.3. The van der Waals surface area contributed by atoms with Crippen LogP contribution < -0.4 is 29.3 Å². The minimum absolute atomic E-state index is 0. The zero-order chi connectivity index (χ0) is 19.3. The summed E-state index contributed by atoms with van der Waals surface area (Å²) in [7, 11) is 5.51. The minimum Gasteiger partial charge on any atom is -1.00 e. The highest BCUT2D eigenvalue weighted by molar-refractivity contribution is 5.69. The van der Waals surface area contributed by atoms with Crippen molar-refractivity contribution in [3.8, 4) is 0 Å². The molecule has 0 radical (unpaired) electrons. The van der Waals surface area contributed by atoms with E-state index in [0.717, 1.165) is 17.6 Å². The van der Waals surface area contributed by atoms with E-state index in [1.54, 1.807) is 0 Å². The second-order valence-electron chi connectivity index (χ2n) is 7.36. The van der Waals surface area contributed by atoms with E-state index in [9.17, 15) is 9.59 Å². The van der Waals surface area contributed by atoms with Crippen molar-refractivity contribution in [3.63, 3.8) is 0 Å². The van der Waals surface area contributed by atoms with Crippen LogP contribution >= 0.6 is 0 Å². The molecule has 0 rings (SSSR count). The molecule has 0 aromatic heterocycles. The Bertz CT molecular complexity index is 399. The number of likely N-dealkylation sites (N-methyl/N-ethyl adjacent to an activating group) is 1. The first-order chi connectivity index (χ1) is 11.6. The van der Waals surface area contributed by atoms with Gasteiger partial charge in [-0.05, 0) is 20.8 Å².